The molecule has 100 valence electrons. The molecular formula is C12H19ClN4O. The van der Waals surface area contributed by atoms with Crippen molar-refractivity contribution in [3.63, 3.8) is 0 Å². The molecule has 2 heterocycles. The molecule has 1 unspecified atom stereocenters. The molecule has 1 fully saturated rings. The first kappa shape index (κ1) is 13.4. The van der Waals surface area contributed by atoms with Crippen molar-refractivity contribution < 1.29 is 0 Å². The van der Waals surface area contributed by atoms with Gasteiger partial charge in [-0.1, -0.05) is 25.4 Å². The van der Waals surface area contributed by atoms with Crippen molar-refractivity contribution in [2.24, 2.45) is 11.7 Å². The normalized spacial score (nSPS) is 19.8. The first-order valence-electron chi connectivity index (χ1n) is 6.25. The SMILES string of the molecule is CC(C)Cn1ncc(N2CCC(N)C2)c(Cl)c1=O. The van der Waals surface area contributed by atoms with Crippen molar-refractivity contribution in [3.8, 4) is 0 Å². The van der Waals surface area contributed by atoms with Gasteiger partial charge in [0.05, 0.1) is 11.9 Å². The van der Waals surface area contributed by atoms with E-state index in [1.807, 2.05) is 18.7 Å². The number of hydrogen-bond donors (Lipinski definition) is 1. The number of hydrogen-bond acceptors (Lipinski definition) is 4. The zero-order chi connectivity index (χ0) is 13.3. The van der Waals surface area contributed by atoms with E-state index in [0.717, 1.165) is 19.5 Å². The van der Waals surface area contributed by atoms with Gasteiger partial charge in [0.2, 0.25) is 0 Å². The lowest BCUT2D eigenvalue weighted by molar-refractivity contribution is 0.463. The molecule has 1 aliphatic heterocycles. The molecule has 5 nitrogen and oxygen atoms in total. The van der Waals surface area contributed by atoms with Crippen molar-refractivity contribution in [3.05, 3.63) is 21.6 Å². The zero-order valence-corrected chi connectivity index (χ0v) is 11.5. The van der Waals surface area contributed by atoms with E-state index in [1.54, 1.807) is 6.20 Å². The minimum atomic E-state index is -0.219. The maximum absolute atomic E-state index is 12.1. The molecule has 0 radical (unpaired) electrons. The van der Waals surface area contributed by atoms with Crippen LogP contribution in [0.3, 0.4) is 0 Å². The third kappa shape index (κ3) is 2.67. The van der Waals surface area contributed by atoms with Gasteiger partial charge in [-0.25, -0.2) is 4.68 Å². The van der Waals surface area contributed by atoms with Gasteiger partial charge >= 0.3 is 0 Å². The second-order valence-corrected chi connectivity index (χ2v) is 5.60. The van der Waals surface area contributed by atoms with Gasteiger partial charge in [0.1, 0.15) is 5.02 Å². The first-order chi connectivity index (χ1) is 8.49. The van der Waals surface area contributed by atoms with Crippen molar-refractivity contribution in [1.82, 2.24) is 9.78 Å². The minimum absolute atomic E-state index is 0.152. The predicted octanol–water partition coefficient (Wildman–Crippen LogP) is 1.09. The Kier molecular flexibility index (Phi) is 3.92. The molecule has 0 aliphatic carbocycles. The fraction of sp³-hybridized carbons (Fsp3) is 0.667. The van der Waals surface area contributed by atoms with E-state index < -0.39 is 0 Å². The second kappa shape index (κ2) is 5.28. The summed E-state index contributed by atoms with van der Waals surface area (Å²) in [5, 5.41) is 4.44. The van der Waals surface area contributed by atoms with Crippen LogP contribution in [0.5, 0.6) is 0 Å². The fourth-order valence-corrected chi connectivity index (χ4v) is 2.42. The van der Waals surface area contributed by atoms with Gasteiger partial charge in [-0.05, 0) is 12.3 Å². The van der Waals surface area contributed by atoms with Crippen molar-refractivity contribution >= 4 is 17.3 Å². The van der Waals surface area contributed by atoms with Crippen LogP contribution in [0, 0.1) is 5.92 Å². The Hall–Kier alpha value is -1.07. The van der Waals surface area contributed by atoms with Crippen LogP contribution in [0.15, 0.2) is 11.0 Å². The highest BCUT2D eigenvalue weighted by Crippen LogP contribution is 2.24. The molecule has 0 amide bonds. The number of rotatable bonds is 3. The van der Waals surface area contributed by atoms with Crippen LogP contribution in [0.1, 0.15) is 20.3 Å². The average molecular weight is 271 g/mol. The maximum atomic E-state index is 12.1. The zero-order valence-electron chi connectivity index (χ0n) is 10.8. The second-order valence-electron chi connectivity index (χ2n) is 5.22. The Labute approximate surface area is 112 Å². The summed E-state index contributed by atoms with van der Waals surface area (Å²) in [5.74, 6) is 0.359. The molecule has 1 aliphatic rings. The maximum Gasteiger partial charge on any atom is 0.287 e. The number of aromatic nitrogens is 2. The summed E-state index contributed by atoms with van der Waals surface area (Å²) >= 11 is 6.15. The molecule has 0 spiro atoms. The van der Waals surface area contributed by atoms with E-state index >= 15 is 0 Å². The number of nitrogens with two attached hydrogens (primary N) is 1. The molecular weight excluding hydrogens is 252 g/mol. The molecule has 2 N–H and O–H groups in total. The number of nitrogens with zero attached hydrogens (tertiary/aromatic N) is 3. The molecule has 0 saturated carbocycles. The first-order valence-corrected chi connectivity index (χ1v) is 6.63. The quantitative estimate of drug-likeness (QED) is 0.893. The van der Waals surface area contributed by atoms with Crippen LogP contribution < -0.4 is 16.2 Å². The summed E-state index contributed by atoms with van der Waals surface area (Å²) < 4.78 is 1.42. The van der Waals surface area contributed by atoms with E-state index in [9.17, 15) is 4.79 Å². The topological polar surface area (TPSA) is 64.2 Å². The largest absolute Gasteiger partial charge is 0.367 e. The molecule has 1 atom stereocenters. The van der Waals surface area contributed by atoms with Gasteiger partial charge < -0.3 is 10.6 Å². The Morgan fingerprint density at radius 3 is 2.89 bits per heavy atom. The Morgan fingerprint density at radius 1 is 1.61 bits per heavy atom. The van der Waals surface area contributed by atoms with Crippen molar-refractivity contribution in [2.75, 3.05) is 18.0 Å². The van der Waals surface area contributed by atoms with E-state index in [4.69, 9.17) is 17.3 Å². The standard InChI is InChI=1S/C12H19ClN4O/c1-8(2)6-17-12(18)11(13)10(5-15-17)16-4-3-9(14)7-16/h5,8-9H,3-4,6-7,14H2,1-2H3. The summed E-state index contributed by atoms with van der Waals surface area (Å²) in [4.78, 5) is 14.1. The molecule has 0 aromatic carbocycles. The van der Waals surface area contributed by atoms with E-state index in [2.05, 4.69) is 5.10 Å². The molecule has 1 saturated heterocycles. The lowest BCUT2D eigenvalue weighted by Crippen LogP contribution is -2.31. The third-order valence-corrected chi connectivity index (χ3v) is 3.43. The molecule has 1 aromatic heterocycles. The number of anilines is 1. The lowest BCUT2D eigenvalue weighted by atomic mass is 10.2. The van der Waals surface area contributed by atoms with E-state index in [1.165, 1.54) is 4.68 Å². The van der Waals surface area contributed by atoms with Gasteiger partial charge in [0.15, 0.2) is 0 Å². The third-order valence-electron chi connectivity index (χ3n) is 3.07. The molecule has 2 rings (SSSR count). The highest BCUT2D eigenvalue weighted by molar-refractivity contribution is 6.33. The summed E-state index contributed by atoms with van der Waals surface area (Å²) in [5.41, 5.74) is 6.34. The highest BCUT2D eigenvalue weighted by Gasteiger charge is 2.23. The Morgan fingerprint density at radius 2 is 2.33 bits per heavy atom. The van der Waals surface area contributed by atoms with Gasteiger partial charge in [-0.15, -0.1) is 0 Å². The lowest BCUT2D eigenvalue weighted by Gasteiger charge is -2.19. The molecule has 0 bridgehead atoms. The van der Waals surface area contributed by atoms with Crippen LogP contribution in [-0.2, 0) is 6.54 Å². The summed E-state index contributed by atoms with van der Waals surface area (Å²) in [7, 11) is 0. The van der Waals surface area contributed by atoms with Gasteiger partial charge in [-0.2, -0.15) is 5.10 Å². The van der Waals surface area contributed by atoms with Crippen LogP contribution in [0.4, 0.5) is 5.69 Å². The molecule has 1 aromatic rings. The van der Waals surface area contributed by atoms with Crippen LogP contribution >= 0.6 is 11.6 Å². The van der Waals surface area contributed by atoms with Crippen molar-refractivity contribution in [2.45, 2.75) is 32.9 Å². The predicted molar refractivity (Wildman–Crippen MR) is 73.2 cm³/mol. The average Bonchev–Trinajstić information content (AvgIpc) is 2.71. The monoisotopic (exact) mass is 270 g/mol. The van der Waals surface area contributed by atoms with Gasteiger partial charge in [0, 0.05) is 25.7 Å². The smallest absolute Gasteiger partial charge is 0.287 e. The van der Waals surface area contributed by atoms with Crippen molar-refractivity contribution in [1.29, 1.82) is 0 Å². The molecule has 18 heavy (non-hydrogen) atoms. The Balaban J connectivity index is 2.29. The Bertz CT molecular complexity index is 485. The highest BCUT2D eigenvalue weighted by atomic mass is 35.5. The van der Waals surface area contributed by atoms with Crippen LogP contribution in [0.25, 0.3) is 0 Å². The van der Waals surface area contributed by atoms with E-state index in [-0.39, 0.29) is 16.6 Å². The minimum Gasteiger partial charge on any atom is -0.367 e. The van der Waals surface area contributed by atoms with Crippen LogP contribution in [-0.4, -0.2) is 28.9 Å². The van der Waals surface area contributed by atoms with Crippen LogP contribution in [0.2, 0.25) is 5.02 Å². The summed E-state index contributed by atoms with van der Waals surface area (Å²) in [6.45, 7) is 6.22. The summed E-state index contributed by atoms with van der Waals surface area (Å²) in [6.07, 6.45) is 2.59. The number of halogens is 1. The molecule has 6 heteroatoms. The van der Waals surface area contributed by atoms with Gasteiger partial charge in [0.25, 0.3) is 5.56 Å². The van der Waals surface area contributed by atoms with E-state index in [0.29, 0.717) is 18.2 Å². The fourth-order valence-electron chi connectivity index (χ4n) is 2.16. The summed E-state index contributed by atoms with van der Waals surface area (Å²) in [6, 6.07) is 0.152. The van der Waals surface area contributed by atoms with Gasteiger partial charge in [-0.3, -0.25) is 4.79 Å².